The van der Waals surface area contributed by atoms with Crippen LogP contribution in [-0.2, 0) is 4.79 Å². The number of amides is 1. The van der Waals surface area contributed by atoms with Gasteiger partial charge in [-0.1, -0.05) is 6.07 Å². The van der Waals surface area contributed by atoms with Gasteiger partial charge in [0.05, 0.1) is 12.4 Å². The minimum absolute atomic E-state index is 0.0512. The Kier molecular flexibility index (Phi) is 5.08. The predicted molar refractivity (Wildman–Crippen MR) is 76.2 cm³/mol. The van der Waals surface area contributed by atoms with Gasteiger partial charge < -0.3 is 10.1 Å². The van der Waals surface area contributed by atoms with Crippen LogP contribution in [0.25, 0.3) is 0 Å². The predicted octanol–water partition coefficient (Wildman–Crippen LogP) is 3.09. The second-order valence-corrected chi connectivity index (χ2v) is 6.59. The van der Waals surface area contributed by atoms with Crippen molar-refractivity contribution in [3.8, 4) is 5.75 Å². The summed E-state index contributed by atoms with van der Waals surface area (Å²) in [6.45, 7) is 7.85. The number of nitrogens with one attached hydrogen (secondary N) is 1. The molecule has 1 atom stereocenters. The van der Waals surface area contributed by atoms with E-state index in [2.05, 4.69) is 5.32 Å². The Balaban J connectivity index is 2.63. The van der Waals surface area contributed by atoms with Crippen LogP contribution in [-0.4, -0.2) is 23.8 Å². The molecular weight excluding hydrogens is 246 g/mol. The Morgan fingerprint density at radius 3 is 2.61 bits per heavy atom. The molecule has 1 amide bonds. The Hall–Kier alpha value is -1.16. The van der Waals surface area contributed by atoms with Gasteiger partial charge in [-0.25, -0.2) is 0 Å². The number of carbonyl (C=O) groups excluding carboxylic acids is 1. The van der Waals surface area contributed by atoms with Crippen molar-refractivity contribution in [3.05, 3.63) is 24.3 Å². The van der Waals surface area contributed by atoms with Crippen molar-refractivity contribution in [1.82, 2.24) is 5.32 Å². The summed E-state index contributed by atoms with van der Waals surface area (Å²) in [5.41, 5.74) is -0.194. The molecule has 0 aliphatic heterocycles. The van der Waals surface area contributed by atoms with Crippen molar-refractivity contribution in [2.75, 3.05) is 7.11 Å². The Morgan fingerprint density at radius 1 is 1.39 bits per heavy atom. The van der Waals surface area contributed by atoms with Crippen LogP contribution >= 0.6 is 11.8 Å². The van der Waals surface area contributed by atoms with Crippen LogP contribution in [0, 0.1) is 0 Å². The molecule has 1 N–H and O–H groups in total. The zero-order chi connectivity index (χ0) is 13.8. The van der Waals surface area contributed by atoms with Crippen molar-refractivity contribution >= 4 is 17.7 Å². The van der Waals surface area contributed by atoms with Crippen molar-refractivity contribution in [2.24, 2.45) is 0 Å². The number of hydrogen-bond acceptors (Lipinski definition) is 3. The highest BCUT2D eigenvalue weighted by atomic mass is 32.2. The Bertz CT molecular complexity index is 413. The van der Waals surface area contributed by atoms with Crippen LogP contribution in [0.5, 0.6) is 5.75 Å². The van der Waals surface area contributed by atoms with Gasteiger partial charge in [-0.3, -0.25) is 4.79 Å². The van der Waals surface area contributed by atoms with E-state index >= 15 is 0 Å². The van der Waals surface area contributed by atoms with Crippen LogP contribution < -0.4 is 10.1 Å². The van der Waals surface area contributed by atoms with E-state index in [4.69, 9.17) is 4.74 Å². The third-order valence-corrected chi connectivity index (χ3v) is 3.32. The highest BCUT2D eigenvalue weighted by Crippen LogP contribution is 2.26. The quantitative estimate of drug-likeness (QED) is 0.852. The normalized spacial score (nSPS) is 12.9. The number of thioether (sulfide) groups is 1. The molecule has 0 fully saturated rings. The third-order valence-electron chi connectivity index (χ3n) is 2.22. The zero-order valence-corrected chi connectivity index (χ0v) is 12.4. The van der Waals surface area contributed by atoms with Crippen LogP contribution in [0.4, 0.5) is 0 Å². The van der Waals surface area contributed by atoms with Crippen LogP contribution in [0.3, 0.4) is 0 Å². The molecule has 1 rings (SSSR count). The molecule has 0 heterocycles. The molecule has 1 aromatic rings. The molecule has 0 aliphatic carbocycles. The molecule has 0 saturated carbocycles. The first-order chi connectivity index (χ1) is 8.31. The van der Waals surface area contributed by atoms with E-state index in [0.717, 1.165) is 10.6 Å². The highest BCUT2D eigenvalue weighted by Gasteiger charge is 2.20. The molecule has 4 heteroatoms. The van der Waals surface area contributed by atoms with Crippen molar-refractivity contribution in [1.29, 1.82) is 0 Å². The maximum absolute atomic E-state index is 12.0. The summed E-state index contributed by atoms with van der Waals surface area (Å²) in [5.74, 6) is 0.860. The molecule has 3 nitrogen and oxygen atoms in total. The summed E-state index contributed by atoms with van der Waals surface area (Å²) in [5, 5.41) is 2.85. The topological polar surface area (TPSA) is 38.3 Å². The molecule has 1 aromatic carbocycles. The van der Waals surface area contributed by atoms with Crippen molar-refractivity contribution < 1.29 is 9.53 Å². The number of rotatable bonds is 4. The molecule has 0 aromatic heterocycles. The fourth-order valence-corrected chi connectivity index (χ4v) is 2.32. The van der Waals surface area contributed by atoms with E-state index in [1.807, 2.05) is 52.0 Å². The first-order valence-electron chi connectivity index (χ1n) is 5.94. The molecule has 0 aliphatic rings. The molecule has 0 bridgehead atoms. The average molecular weight is 267 g/mol. The SMILES string of the molecule is COc1cccc(SC(C)C(=O)NC(C)(C)C)c1. The molecule has 100 valence electrons. The van der Waals surface area contributed by atoms with Crippen LogP contribution in [0.15, 0.2) is 29.2 Å². The standard InChI is InChI=1S/C14H21NO2S/c1-10(13(16)15-14(2,3)4)18-12-8-6-7-11(9-12)17-5/h6-10H,1-5H3,(H,15,16). The summed E-state index contributed by atoms with van der Waals surface area (Å²) >= 11 is 1.53. The summed E-state index contributed by atoms with van der Waals surface area (Å²) in [6.07, 6.45) is 0. The lowest BCUT2D eigenvalue weighted by Gasteiger charge is -2.23. The van der Waals surface area contributed by atoms with E-state index in [0.29, 0.717) is 0 Å². The minimum atomic E-state index is -0.194. The van der Waals surface area contributed by atoms with E-state index in [9.17, 15) is 4.79 Å². The lowest BCUT2D eigenvalue weighted by molar-refractivity contribution is -0.121. The zero-order valence-electron chi connectivity index (χ0n) is 11.6. The number of benzene rings is 1. The molecule has 1 unspecified atom stereocenters. The van der Waals surface area contributed by atoms with Crippen molar-refractivity contribution in [3.63, 3.8) is 0 Å². The number of hydrogen-bond donors (Lipinski definition) is 1. The summed E-state index contributed by atoms with van der Waals surface area (Å²) < 4.78 is 5.16. The highest BCUT2D eigenvalue weighted by molar-refractivity contribution is 8.00. The summed E-state index contributed by atoms with van der Waals surface area (Å²) in [6, 6.07) is 7.74. The smallest absolute Gasteiger partial charge is 0.233 e. The minimum Gasteiger partial charge on any atom is -0.497 e. The lowest BCUT2D eigenvalue weighted by Crippen LogP contribution is -2.44. The first kappa shape index (κ1) is 14.9. The fraction of sp³-hybridized carbons (Fsp3) is 0.500. The summed E-state index contributed by atoms with van der Waals surface area (Å²) in [7, 11) is 1.64. The number of ether oxygens (including phenoxy) is 1. The molecule has 0 spiro atoms. The van der Waals surface area contributed by atoms with E-state index in [1.165, 1.54) is 11.8 Å². The lowest BCUT2D eigenvalue weighted by atomic mass is 10.1. The van der Waals surface area contributed by atoms with E-state index in [-0.39, 0.29) is 16.7 Å². The van der Waals surface area contributed by atoms with Crippen LogP contribution in [0.2, 0.25) is 0 Å². The Labute approximate surface area is 113 Å². The van der Waals surface area contributed by atoms with Gasteiger partial charge in [0, 0.05) is 10.4 Å². The summed E-state index contributed by atoms with van der Waals surface area (Å²) in [4.78, 5) is 13.0. The van der Waals surface area contributed by atoms with E-state index in [1.54, 1.807) is 7.11 Å². The van der Waals surface area contributed by atoms with Gasteiger partial charge in [0.25, 0.3) is 0 Å². The van der Waals surface area contributed by atoms with Gasteiger partial charge in [0.2, 0.25) is 5.91 Å². The van der Waals surface area contributed by atoms with Crippen molar-refractivity contribution in [2.45, 2.75) is 43.4 Å². The molecular formula is C14H21NO2S. The van der Waals surface area contributed by atoms with Gasteiger partial charge in [-0.05, 0) is 45.9 Å². The monoisotopic (exact) mass is 267 g/mol. The van der Waals surface area contributed by atoms with Gasteiger partial charge in [0.1, 0.15) is 5.75 Å². The number of carbonyl (C=O) groups is 1. The first-order valence-corrected chi connectivity index (χ1v) is 6.82. The molecule has 18 heavy (non-hydrogen) atoms. The maximum Gasteiger partial charge on any atom is 0.233 e. The molecule has 0 radical (unpaired) electrons. The Morgan fingerprint density at radius 2 is 2.06 bits per heavy atom. The van der Waals surface area contributed by atoms with Crippen LogP contribution in [0.1, 0.15) is 27.7 Å². The van der Waals surface area contributed by atoms with Gasteiger partial charge >= 0.3 is 0 Å². The largest absolute Gasteiger partial charge is 0.497 e. The van der Waals surface area contributed by atoms with E-state index < -0.39 is 0 Å². The van der Waals surface area contributed by atoms with Gasteiger partial charge in [-0.15, -0.1) is 11.8 Å². The molecule has 0 saturated heterocycles. The van der Waals surface area contributed by atoms with Gasteiger partial charge in [0.15, 0.2) is 0 Å². The average Bonchev–Trinajstić information content (AvgIpc) is 2.27. The fourth-order valence-electron chi connectivity index (χ4n) is 1.40. The maximum atomic E-state index is 12.0. The second-order valence-electron chi connectivity index (χ2n) is 5.18. The number of methoxy groups -OCH3 is 1. The van der Waals surface area contributed by atoms with Gasteiger partial charge in [-0.2, -0.15) is 0 Å². The second kappa shape index (κ2) is 6.14. The third kappa shape index (κ3) is 5.00.